The molecule has 0 saturated heterocycles. The Hall–Kier alpha value is -3.41. The number of unbranched alkanes of at least 4 members (excludes halogenated alkanes) is 36. The van der Waals surface area contributed by atoms with Crippen molar-refractivity contribution in [2.45, 2.75) is 335 Å². The van der Waals surface area contributed by atoms with Crippen molar-refractivity contribution in [1.29, 1.82) is 0 Å². The topological polar surface area (TPSA) is 78.9 Å². The van der Waals surface area contributed by atoms with E-state index < -0.39 is 12.1 Å². The van der Waals surface area contributed by atoms with Crippen LogP contribution in [0.25, 0.3) is 0 Å². The maximum atomic E-state index is 12.9. The smallest absolute Gasteiger partial charge is 0.309 e. The molecule has 444 valence electrons. The fourth-order valence-electron chi connectivity index (χ4n) is 9.49. The number of hydrogen-bond acceptors (Lipinski definition) is 6. The van der Waals surface area contributed by atoms with Crippen LogP contribution in [0, 0.1) is 0 Å². The van der Waals surface area contributed by atoms with E-state index >= 15 is 0 Å². The van der Waals surface area contributed by atoms with Gasteiger partial charge < -0.3 is 14.2 Å². The van der Waals surface area contributed by atoms with Gasteiger partial charge in [0.15, 0.2) is 6.10 Å². The molecule has 0 rings (SSSR count). The molecule has 0 aromatic rings. The van der Waals surface area contributed by atoms with Crippen LogP contribution in [0.3, 0.4) is 0 Å². The molecular weight excluding hydrogens is 949 g/mol. The van der Waals surface area contributed by atoms with Gasteiger partial charge in [0.2, 0.25) is 0 Å². The average molecular weight is 1070 g/mol. The van der Waals surface area contributed by atoms with Gasteiger partial charge in [-0.2, -0.15) is 0 Å². The van der Waals surface area contributed by atoms with E-state index in [-0.39, 0.29) is 31.6 Å². The second-order valence-corrected chi connectivity index (χ2v) is 22.0. The lowest BCUT2D eigenvalue weighted by Gasteiger charge is -2.18. The van der Waals surface area contributed by atoms with Crippen molar-refractivity contribution >= 4 is 17.9 Å². The van der Waals surface area contributed by atoms with Crippen molar-refractivity contribution in [3.63, 3.8) is 0 Å². The Morgan fingerprint density at radius 1 is 0.286 bits per heavy atom. The van der Waals surface area contributed by atoms with Gasteiger partial charge in [-0.1, -0.05) is 318 Å². The molecule has 0 aliphatic heterocycles. The molecule has 0 saturated carbocycles. The molecule has 0 aliphatic carbocycles. The lowest BCUT2D eigenvalue weighted by atomic mass is 10.0. The molecule has 0 aromatic carbocycles. The molecule has 0 bridgehead atoms. The zero-order valence-electron chi connectivity index (χ0n) is 51.0. The number of allylic oxidation sites excluding steroid dienone is 13. The second kappa shape index (κ2) is 65.1. The SMILES string of the molecule is CC/C=C\C/C=C\C/C=C\C/C=C\C/C=C\CC(=O)OCC(COC(=O)CCCCCCCCCCCCCCCCCCCCCCCCC)OC(=O)CCCCCCCCCCC/C=C\C/C=C\CCCCCCC. The molecule has 6 heteroatoms. The third-order valence-corrected chi connectivity index (χ3v) is 14.4. The summed E-state index contributed by atoms with van der Waals surface area (Å²) in [7, 11) is 0. The molecule has 0 aliphatic rings. The predicted octanol–water partition coefficient (Wildman–Crippen LogP) is 22.7. The minimum atomic E-state index is -0.819. The Balaban J connectivity index is 4.39. The van der Waals surface area contributed by atoms with E-state index in [4.69, 9.17) is 14.2 Å². The molecule has 0 N–H and O–H groups in total. The Labute approximate surface area is 477 Å². The number of ether oxygens (including phenoxy) is 3. The molecular formula is C71H124O6. The van der Waals surface area contributed by atoms with Crippen LogP contribution in [-0.2, 0) is 28.6 Å². The molecule has 0 amide bonds. The first-order chi connectivity index (χ1) is 38.0. The van der Waals surface area contributed by atoms with Gasteiger partial charge in [-0.25, -0.2) is 0 Å². The average Bonchev–Trinajstić information content (AvgIpc) is 3.43. The number of rotatable bonds is 60. The summed E-state index contributed by atoms with van der Waals surface area (Å²) < 4.78 is 16.8. The predicted molar refractivity (Wildman–Crippen MR) is 334 cm³/mol. The minimum Gasteiger partial charge on any atom is -0.462 e. The molecule has 6 nitrogen and oxygen atoms in total. The molecule has 1 unspecified atom stereocenters. The monoisotopic (exact) mass is 1070 g/mol. The maximum absolute atomic E-state index is 12.9. The lowest BCUT2D eigenvalue weighted by molar-refractivity contribution is -0.166. The zero-order chi connectivity index (χ0) is 55.7. The van der Waals surface area contributed by atoms with Gasteiger partial charge in [-0.05, 0) is 77.0 Å². The maximum Gasteiger partial charge on any atom is 0.309 e. The Morgan fingerprint density at radius 3 is 0.909 bits per heavy atom. The Kier molecular flexibility index (Phi) is 62.2. The largest absolute Gasteiger partial charge is 0.462 e. The van der Waals surface area contributed by atoms with Crippen LogP contribution in [0.4, 0.5) is 0 Å². The zero-order valence-corrected chi connectivity index (χ0v) is 51.0. The third-order valence-electron chi connectivity index (χ3n) is 14.4. The van der Waals surface area contributed by atoms with Crippen molar-refractivity contribution in [1.82, 2.24) is 0 Å². The number of esters is 3. The fourth-order valence-corrected chi connectivity index (χ4v) is 9.49. The highest BCUT2D eigenvalue weighted by molar-refractivity contribution is 5.72. The summed E-state index contributed by atoms with van der Waals surface area (Å²) in [5.74, 6) is -1.03. The summed E-state index contributed by atoms with van der Waals surface area (Å²) in [5.41, 5.74) is 0. The van der Waals surface area contributed by atoms with E-state index in [1.165, 1.54) is 212 Å². The van der Waals surface area contributed by atoms with Crippen molar-refractivity contribution in [3.05, 3.63) is 85.1 Å². The van der Waals surface area contributed by atoms with Crippen molar-refractivity contribution in [2.75, 3.05) is 13.2 Å². The number of hydrogen-bond donors (Lipinski definition) is 0. The van der Waals surface area contributed by atoms with Gasteiger partial charge >= 0.3 is 17.9 Å². The summed E-state index contributed by atoms with van der Waals surface area (Å²) in [4.78, 5) is 38.3. The van der Waals surface area contributed by atoms with Crippen LogP contribution in [0.5, 0.6) is 0 Å². The van der Waals surface area contributed by atoms with Gasteiger partial charge in [0, 0.05) is 12.8 Å². The number of carbonyl (C=O) groups excluding carboxylic acids is 3. The highest BCUT2D eigenvalue weighted by atomic mass is 16.6. The highest BCUT2D eigenvalue weighted by Crippen LogP contribution is 2.17. The molecule has 1 atom stereocenters. The molecule has 0 spiro atoms. The first-order valence-electron chi connectivity index (χ1n) is 33.1. The van der Waals surface area contributed by atoms with E-state index in [1.54, 1.807) is 6.08 Å². The summed E-state index contributed by atoms with van der Waals surface area (Å²) in [6.07, 6.45) is 86.3. The molecule has 0 heterocycles. The molecule has 77 heavy (non-hydrogen) atoms. The van der Waals surface area contributed by atoms with Crippen LogP contribution in [0.2, 0.25) is 0 Å². The van der Waals surface area contributed by atoms with E-state index in [2.05, 4.69) is 93.7 Å². The van der Waals surface area contributed by atoms with Crippen molar-refractivity contribution in [3.8, 4) is 0 Å². The number of carbonyl (C=O) groups is 3. The van der Waals surface area contributed by atoms with Crippen molar-refractivity contribution < 1.29 is 28.6 Å². The fraction of sp³-hybridized carbons (Fsp3) is 0.761. The molecule has 0 aromatic heterocycles. The van der Waals surface area contributed by atoms with Gasteiger partial charge in [0.25, 0.3) is 0 Å². The summed E-state index contributed by atoms with van der Waals surface area (Å²) >= 11 is 0. The van der Waals surface area contributed by atoms with Gasteiger partial charge in [-0.3, -0.25) is 14.4 Å². The van der Waals surface area contributed by atoms with E-state index in [1.807, 2.05) is 6.08 Å². The summed E-state index contributed by atoms with van der Waals surface area (Å²) in [6.45, 7) is 6.47. The van der Waals surface area contributed by atoms with Crippen LogP contribution in [-0.4, -0.2) is 37.2 Å². The minimum absolute atomic E-state index is 0.105. The van der Waals surface area contributed by atoms with E-state index in [9.17, 15) is 14.4 Å². The Morgan fingerprint density at radius 2 is 0.558 bits per heavy atom. The summed E-state index contributed by atoms with van der Waals surface area (Å²) in [6, 6.07) is 0. The quantitative estimate of drug-likeness (QED) is 0.0261. The van der Waals surface area contributed by atoms with Gasteiger partial charge in [-0.15, -0.1) is 0 Å². The van der Waals surface area contributed by atoms with Crippen LogP contribution in [0.1, 0.15) is 329 Å². The van der Waals surface area contributed by atoms with Gasteiger partial charge in [0.05, 0.1) is 6.42 Å². The normalized spacial score (nSPS) is 12.6. The first-order valence-corrected chi connectivity index (χ1v) is 33.1. The van der Waals surface area contributed by atoms with Crippen LogP contribution in [0.15, 0.2) is 85.1 Å². The first kappa shape index (κ1) is 73.6. The summed E-state index contributed by atoms with van der Waals surface area (Å²) in [5, 5.41) is 0. The van der Waals surface area contributed by atoms with Gasteiger partial charge in [0.1, 0.15) is 13.2 Å². The highest BCUT2D eigenvalue weighted by Gasteiger charge is 2.19. The van der Waals surface area contributed by atoms with E-state index in [0.717, 1.165) is 77.0 Å². The lowest BCUT2D eigenvalue weighted by Crippen LogP contribution is -2.30. The standard InChI is InChI=1S/C71H124O6/c1-4-7-10-13-16-19-22-25-28-30-32-34-35-37-38-40-43-46-49-52-55-58-61-64-70(73)76-67-68(66-75-69(72)63-60-57-54-51-48-45-42-27-24-21-18-15-12-9-6-3)77-71(74)65-62-59-56-53-50-47-44-41-39-36-33-31-29-26-23-20-17-14-11-8-5-2/h9,12,18,21,23,26-27,31,33,42,48,51,57,60,68H,4-8,10-11,13-17,19-20,22,24-25,28-30,32,34-41,43-47,49-50,52-56,58-59,61-67H2,1-3H3/b12-9-,21-18-,26-23-,33-31-,42-27-,51-48-,60-57-. The molecule has 0 radical (unpaired) electrons. The van der Waals surface area contributed by atoms with Crippen LogP contribution < -0.4 is 0 Å². The van der Waals surface area contributed by atoms with E-state index in [0.29, 0.717) is 12.8 Å². The van der Waals surface area contributed by atoms with Crippen molar-refractivity contribution in [2.24, 2.45) is 0 Å². The Bertz CT molecular complexity index is 1470. The van der Waals surface area contributed by atoms with Crippen LogP contribution >= 0.6 is 0 Å². The second-order valence-electron chi connectivity index (χ2n) is 22.0. The third kappa shape index (κ3) is 63.3. The molecule has 0 fully saturated rings.